The van der Waals surface area contributed by atoms with E-state index in [-0.39, 0.29) is 0 Å². The standard InChI is InChI=1S/C52H39N/c1-32-16-22-40(23-17-32)53(41-24-18-33(2)19-25-41)52-46-14-7-5-12-43(46)50(44-13-6-8-15-47(44)52)37-11-9-10-36(31-37)48-30-35(4)42-26-20-38-28-34(3)29-39-21-27-45(48)51(42)49(38)39/h5-31H,1-4H3. The Morgan fingerprint density at radius 1 is 0.358 bits per heavy atom. The molecule has 0 unspecified atom stereocenters. The third-order valence-corrected chi connectivity index (χ3v) is 11.2. The van der Waals surface area contributed by atoms with Crippen LogP contribution in [0.2, 0.25) is 0 Å². The average Bonchev–Trinajstić information content (AvgIpc) is 3.18. The lowest BCUT2D eigenvalue weighted by atomic mass is 9.85. The molecule has 0 aliphatic rings. The highest BCUT2D eigenvalue weighted by atomic mass is 15.1. The van der Waals surface area contributed by atoms with Gasteiger partial charge >= 0.3 is 0 Å². The van der Waals surface area contributed by atoms with E-state index in [9.17, 15) is 0 Å². The second-order valence-corrected chi connectivity index (χ2v) is 14.8. The van der Waals surface area contributed by atoms with E-state index in [4.69, 9.17) is 0 Å². The first kappa shape index (κ1) is 31.3. The normalized spacial score (nSPS) is 11.8. The first-order valence-corrected chi connectivity index (χ1v) is 18.6. The van der Waals surface area contributed by atoms with Crippen molar-refractivity contribution in [2.75, 3.05) is 4.90 Å². The van der Waals surface area contributed by atoms with Gasteiger partial charge in [-0.05, 0) is 134 Å². The lowest BCUT2D eigenvalue weighted by Gasteiger charge is -2.29. The molecule has 0 radical (unpaired) electrons. The summed E-state index contributed by atoms with van der Waals surface area (Å²) in [6, 6.07) is 61.3. The summed E-state index contributed by atoms with van der Waals surface area (Å²) in [5, 5.41) is 12.9. The maximum atomic E-state index is 2.44. The number of rotatable bonds is 5. The molecular weight excluding hydrogens is 639 g/mol. The maximum Gasteiger partial charge on any atom is 0.0618 e. The van der Waals surface area contributed by atoms with Crippen LogP contribution in [0.15, 0.2) is 164 Å². The van der Waals surface area contributed by atoms with Crippen LogP contribution < -0.4 is 4.90 Å². The minimum atomic E-state index is 1.14. The summed E-state index contributed by atoms with van der Waals surface area (Å²) >= 11 is 0. The molecule has 0 saturated heterocycles. The van der Waals surface area contributed by atoms with Crippen molar-refractivity contribution in [1.29, 1.82) is 0 Å². The highest BCUT2D eigenvalue weighted by molar-refractivity contribution is 6.27. The summed E-state index contributed by atoms with van der Waals surface area (Å²) in [6.07, 6.45) is 0. The minimum Gasteiger partial charge on any atom is -0.309 e. The van der Waals surface area contributed by atoms with Gasteiger partial charge in [0.1, 0.15) is 0 Å². The molecule has 0 aromatic heterocycles. The number of benzene rings is 10. The third kappa shape index (κ3) is 4.99. The van der Waals surface area contributed by atoms with E-state index in [0.29, 0.717) is 0 Å². The molecule has 1 nitrogen and oxygen atoms in total. The molecule has 0 aliphatic heterocycles. The van der Waals surface area contributed by atoms with Crippen molar-refractivity contribution in [2.45, 2.75) is 27.7 Å². The van der Waals surface area contributed by atoms with Gasteiger partial charge in [-0.15, -0.1) is 0 Å². The number of hydrogen-bond acceptors (Lipinski definition) is 1. The van der Waals surface area contributed by atoms with Crippen LogP contribution in [-0.2, 0) is 0 Å². The van der Waals surface area contributed by atoms with Crippen LogP contribution in [0.4, 0.5) is 17.1 Å². The Morgan fingerprint density at radius 3 is 1.47 bits per heavy atom. The molecule has 10 rings (SSSR count). The largest absolute Gasteiger partial charge is 0.309 e. The first-order valence-electron chi connectivity index (χ1n) is 18.6. The molecular formula is C52H39N. The summed E-state index contributed by atoms with van der Waals surface area (Å²) in [4.78, 5) is 2.44. The van der Waals surface area contributed by atoms with Crippen LogP contribution in [-0.4, -0.2) is 0 Å². The zero-order valence-corrected chi connectivity index (χ0v) is 30.5. The second-order valence-electron chi connectivity index (χ2n) is 14.8. The van der Waals surface area contributed by atoms with Crippen molar-refractivity contribution in [2.24, 2.45) is 0 Å². The zero-order chi connectivity index (χ0) is 35.8. The molecule has 0 bridgehead atoms. The molecule has 0 spiro atoms. The summed E-state index contributed by atoms with van der Waals surface area (Å²) in [6.45, 7) is 8.76. The monoisotopic (exact) mass is 677 g/mol. The van der Waals surface area contributed by atoms with Gasteiger partial charge in [-0.2, -0.15) is 0 Å². The predicted molar refractivity (Wildman–Crippen MR) is 230 cm³/mol. The molecule has 0 amide bonds. The van der Waals surface area contributed by atoms with Crippen LogP contribution in [0.5, 0.6) is 0 Å². The van der Waals surface area contributed by atoms with Crippen molar-refractivity contribution in [3.8, 4) is 22.3 Å². The van der Waals surface area contributed by atoms with E-state index in [1.807, 2.05) is 0 Å². The fourth-order valence-corrected chi connectivity index (χ4v) is 8.78. The highest BCUT2D eigenvalue weighted by Gasteiger charge is 2.23. The molecule has 0 saturated carbocycles. The van der Waals surface area contributed by atoms with Crippen LogP contribution in [0.3, 0.4) is 0 Å². The van der Waals surface area contributed by atoms with Crippen LogP contribution in [0.1, 0.15) is 22.3 Å². The molecule has 10 aromatic rings. The van der Waals surface area contributed by atoms with Crippen LogP contribution >= 0.6 is 0 Å². The minimum absolute atomic E-state index is 1.14. The summed E-state index contributed by atoms with van der Waals surface area (Å²) in [5.41, 5.74) is 13.6. The summed E-state index contributed by atoms with van der Waals surface area (Å²) in [5.74, 6) is 0. The van der Waals surface area contributed by atoms with Gasteiger partial charge in [0, 0.05) is 22.1 Å². The number of hydrogen-bond donors (Lipinski definition) is 0. The third-order valence-electron chi connectivity index (χ3n) is 11.2. The average molecular weight is 678 g/mol. The molecule has 1 heteroatoms. The van der Waals surface area contributed by atoms with E-state index in [1.165, 1.54) is 104 Å². The lowest BCUT2D eigenvalue weighted by Crippen LogP contribution is -2.11. The fourth-order valence-electron chi connectivity index (χ4n) is 8.78. The number of anilines is 3. The molecule has 0 N–H and O–H groups in total. The van der Waals surface area contributed by atoms with Gasteiger partial charge in [0.25, 0.3) is 0 Å². The van der Waals surface area contributed by atoms with Crippen molar-refractivity contribution in [3.05, 3.63) is 186 Å². The van der Waals surface area contributed by atoms with Gasteiger partial charge in [0.05, 0.1) is 5.69 Å². The van der Waals surface area contributed by atoms with Crippen molar-refractivity contribution in [3.63, 3.8) is 0 Å². The quantitative estimate of drug-likeness (QED) is 0.129. The van der Waals surface area contributed by atoms with Gasteiger partial charge in [0.2, 0.25) is 0 Å². The van der Waals surface area contributed by atoms with Crippen molar-refractivity contribution < 1.29 is 0 Å². The lowest BCUT2D eigenvalue weighted by molar-refractivity contribution is 1.29. The van der Waals surface area contributed by atoms with Gasteiger partial charge in [-0.3, -0.25) is 0 Å². The molecule has 0 heterocycles. The van der Waals surface area contributed by atoms with E-state index in [1.54, 1.807) is 0 Å². The Labute approximate surface area is 310 Å². The fraction of sp³-hybridized carbons (Fsp3) is 0.0769. The Morgan fingerprint density at radius 2 is 0.887 bits per heavy atom. The SMILES string of the molecule is Cc1ccc(N(c2ccc(C)cc2)c2c3ccccc3c(-c3cccc(-c4cc(C)c5ccc6cc(C)cc7ccc4c5c67)c3)c3ccccc23)cc1. The Bertz CT molecular complexity index is 2900. The van der Waals surface area contributed by atoms with E-state index in [0.717, 1.165) is 11.4 Å². The van der Waals surface area contributed by atoms with E-state index >= 15 is 0 Å². The Kier molecular flexibility index (Phi) is 7.13. The number of fused-ring (bicyclic) bond motifs is 2. The van der Waals surface area contributed by atoms with Crippen LogP contribution in [0.25, 0.3) is 76.1 Å². The molecule has 0 fully saturated rings. The van der Waals surface area contributed by atoms with Crippen molar-refractivity contribution >= 4 is 70.9 Å². The molecule has 0 aliphatic carbocycles. The van der Waals surface area contributed by atoms with Gasteiger partial charge in [-0.25, -0.2) is 0 Å². The van der Waals surface area contributed by atoms with Gasteiger partial charge < -0.3 is 4.90 Å². The number of nitrogens with zero attached hydrogens (tertiary/aromatic N) is 1. The zero-order valence-electron chi connectivity index (χ0n) is 30.5. The number of aryl methyl sites for hydroxylation is 4. The highest BCUT2D eigenvalue weighted by Crippen LogP contribution is 2.49. The smallest absolute Gasteiger partial charge is 0.0618 e. The topological polar surface area (TPSA) is 3.24 Å². The van der Waals surface area contributed by atoms with Gasteiger partial charge in [0.15, 0.2) is 0 Å². The van der Waals surface area contributed by atoms with Gasteiger partial charge in [-0.1, -0.05) is 145 Å². The summed E-state index contributed by atoms with van der Waals surface area (Å²) in [7, 11) is 0. The Balaban J connectivity index is 1.23. The van der Waals surface area contributed by atoms with E-state index in [2.05, 4.69) is 196 Å². The Hall–Kier alpha value is -6.44. The molecule has 10 aromatic carbocycles. The predicted octanol–water partition coefficient (Wildman–Crippen LogP) is 14.9. The second kappa shape index (κ2) is 12.1. The molecule has 252 valence electrons. The van der Waals surface area contributed by atoms with E-state index < -0.39 is 0 Å². The summed E-state index contributed by atoms with van der Waals surface area (Å²) < 4.78 is 0. The molecule has 53 heavy (non-hydrogen) atoms. The molecule has 0 atom stereocenters. The maximum absolute atomic E-state index is 2.44. The first-order chi connectivity index (χ1) is 25.9. The van der Waals surface area contributed by atoms with Crippen molar-refractivity contribution in [1.82, 2.24) is 0 Å². The van der Waals surface area contributed by atoms with Crippen LogP contribution in [0, 0.1) is 27.7 Å².